The minimum Gasteiger partial charge on any atom is -0.393 e. The van der Waals surface area contributed by atoms with E-state index in [1.165, 1.54) is 0 Å². The first-order chi connectivity index (χ1) is 12.2. The largest absolute Gasteiger partial charge is 0.393 e. The number of benzene rings is 2. The van der Waals surface area contributed by atoms with Crippen molar-refractivity contribution < 1.29 is 9.50 Å². The number of piperidine rings is 1. The van der Waals surface area contributed by atoms with Gasteiger partial charge >= 0.3 is 0 Å². The zero-order valence-corrected chi connectivity index (χ0v) is 14.1. The van der Waals surface area contributed by atoms with Crippen LogP contribution in [0.1, 0.15) is 29.5 Å². The fourth-order valence-corrected chi connectivity index (χ4v) is 3.13. The number of nitrogens with one attached hydrogen (secondary N) is 1. The van der Waals surface area contributed by atoms with Crippen LogP contribution in [0, 0.1) is 17.1 Å². The van der Waals surface area contributed by atoms with Crippen LogP contribution in [0.25, 0.3) is 0 Å². The molecule has 3 rings (SSSR count). The molecule has 130 valence electrons. The van der Waals surface area contributed by atoms with Crippen LogP contribution < -0.4 is 10.2 Å². The quantitative estimate of drug-likeness (QED) is 0.879. The van der Waals surface area contributed by atoms with E-state index in [4.69, 9.17) is 5.26 Å². The highest BCUT2D eigenvalue weighted by molar-refractivity contribution is 5.49. The van der Waals surface area contributed by atoms with Crippen molar-refractivity contribution in [2.75, 3.05) is 18.0 Å². The minimum atomic E-state index is -0.262. The fraction of sp³-hybridized carbons (Fsp3) is 0.350. The third-order valence-corrected chi connectivity index (χ3v) is 4.53. The van der Waals surface area contributed by atoms with Crippen LogP contribution in [0.2, 0.25) is 0 Å². The SMILES string of the molecule is N#Cc1cccc(CNCc2ccc(N3CCC(O)CC3)c(F)c2)c1. The summed E-state index contributed by atoms with van der Waals surface area (Å²) in [5, 5.41) is 21.8. The third kappa shape index (κ3) is 4.56. The molecule has 0 aromatic heterocycles. The maximum absolute atomic E-state index is 14.4. The molecule has 1 aliphatic rings. The van der Waals surface area contributed by atoms with E-state index >= 15 is 0 Å². The summed E-state index contributed by atoms with van der Waals surface area (Å²) < 4.78 is 14.4. The Morgan fingerprint density at radius 3 is 2.52 bits per heavy atom. The Morgan fingerprint density at radius 1 is 1.12 bits per heavy atom. The van der Waals surface area contributed by atoms with Gasteiger partial charge in [0.25, 0.3) is 0 Å². The van der Waals surface area contributed by atoms with Crippen molar-refractivity contribution in [2.45, 2.75) is 32.0 Å². The van der Waals surface area contributed by atoms with Gasteiger partial charge in [-0.1, -0.05) is 18.2 Å². The first kappa shape index (κ1) is 17.4. The second-order valence-electron chi connectivity index (χ2n) is 6.42. The predicted octanol–water partition coefficient (Wildman–Crippen LogP) is 2.95. The van der Waals surface area contributed by atoms with Crippen molar-refractivity contribution in [2.24, 2.45) is 0 Å². The summed E-state index contributed by atoms with van der Waals surface area (Å²) in [7, 11) is 0. The van der Waals surface area contributed by atoms with Crippen LogP contribution in [-0.2, 0) is 13.1 Å². The summed E-state index contributed by atoms with van der Waals surface area (Å²) in [5.41, 5.74) is 3.16. The van der Waals surface area contributed by atoms with E-state index in [1.807, 2.05) is 35.2 Å². The normalized spacial score (nSPS) is 15.2. The van der Waals surface area contributed by atoms with Crippen LogP contribution in [0.15, 0.2) is 42.5 Å². The van der Waals surface area contributed by atoms with Gasteiger partial charge in [-0.3, -0.25) is 0 Å². The Balaban J connectivity index is 1.56. The molecule has 5 heteroatoms. The molecule has 0 amide bonds. The van der Waals surface area contributed by atoms with E-state index in [-0.39, 0.29) is 11.9 Å². The van der Waals surface area contributed by atoms with E-state index in [1.54, 1.807) is 12.1 Å². The Labute approximate surface area is 147 Å². The van der Waals surface area contributed by atoms with Gasteiger partial charge in [-0.2, -0.15) is 5.26 Å². The lowest BCUT2D eigenvalue weighted by atomic mass is 10.1. The third-order valence-electron chi connectivity index (χ3n) is 4.53. The number of hydrogen-bond donors (Lipinski definition) is 2. The molecule has 0 saturated carbocycles. The molecule has 1 heterocycles. The van der Waals surface area contributed by atoms with Gasteiger partial charge < -0.3 is 15.3 Å². The highest BCUT2D eigenvalue weighted by Gasteiger charge is 2.19. The Morgan fingerprint density at radius 2 is 1.84 bits per heavy atom. The van der Waals surface area contributed by atoms with Crippen LogP contribution >= 0.6 is 0 Å². The molecule has 2 aromatic carbocycles. The monoisotopic (exact) mass is 339 g/mol. The lowest BCUT2D eigenvalue weighted by molar-refractivity contribution is 0.145. The first-order valence-corrected chi connectivity index (χ1v) is 8.57. The minimum absolute atomic E-state index is 0.220. The molecule has 2 N–H and O–H groups in total. The zero-order valence-electron chi connectivity index (χ0n) is 14.1. The molecule has 1 saturated heterocycles. The summed E-state index contributed by atoms with van der Waals surface area (Å²) in [6, 6.07) is 14.9. The van der Waals surface area contributed by atoms with Gasteiger partial charge in [-0.05, 0) is 48.2 Å². The molecule has 1 fully saturated rings. The van der Waals surface area contributed by atoms with E-state index in [2.05, 4.69) is 11.4 Å². The molecule has 0 spiro atoms. The lowest BCUT2D eigenvalue weighted by Gasteiger charge is -2.31. The van der Waals surface area contributed by atoms with E-state index in [0.29, 0.717) is 50.3 Å². The molecule has 0 unspecified atom stereocenters. The molecular formula is C20H22FN3O. The second kappa shape index (κ2) is 8.11. The van der Waals surface area contributed by atoms with Gasteiger partial charge in [-0.15, -0.1) is 0 Å². The van der Waals surface area contributed by atoms with Crippen molar-refractivity contribution in [3.63, 3.8) is 0 Å². The van der Waals surface area contributed by atoms with Crippen LogP contribution in [0.3, 0.4) is 0 Å². The lowest BCUT2D eigenvalue weighted by Crippen LogP contribution is -2.36. The van der Waals surface area contributed by atoms with Gasteiger partial charge in [0.2, 0.25) is 0 Å². The number of nitrogens with zero attached hydrogens (tertiary/aromatic N) is 2. The molecule has 1 aliphatic heterocycles. The predicted molar refractivity (Wildman–Crippen MR) is 95.6 cm³/mol. The molecular weight excluding hydrogens is 317 g/mol. The summed E-state index contributed by atoms with van der Waals surface area (Å²) in [6.07, 6.45) is 1.11. The smallest absolute Gasteiger partial charge is 0.146 e. The Kier molecular flexibility index (Phi) is 5.64. The van der Waals surface area contributed by atoms with Crippen LogP contribution in [0.4, 0.5) is 10.1 Å². The van der Waals surface area contributed by atoms with Crippen molar-refractivity contribution in [3.05, 3.63) is 65.0 Å². The summed E-state index contributed by atoms with van der Waals surface area (Å²) in [6.45, 7) is 2.56. The van der Waals surface area contributed by atoms with Gasteiger partial charge in [0.05, 0.1) is 23.4 Å². The standard InChI is InChI=1S/C20H22FN3O/c21-19-11-17(4-5-20(19)24-8-6-18(25)7-9-24)14-23-13-16-3-1-2-15(10-16)12-22/h1-5,10-11,18,23,25H,6-9,13-14H2. The average molecular weight is 339 g/mol. The number of halogens is 1. The van der Waals surface area contributed by atoms with Gasteiger partial charge in [-0.25, -0.2) is 4.39 Å². The fourth-order valence-electron chi connectivity index (χ4n) is 3.13. The molecule has 0 atom stereocenters. The average Bonchev–Trinajstić information content (AvgIpc) is 2.63. The number of aliphatic hydroxyl groups is 1. The van der Waals surface area contributed by atoms with Gasteiger partial charge in [0.1, 0.15) is 5.82 Å². The van der Waals surface area contributed by atoms with E-state index < -0.39 is 0 Å². The number of nitriles is 1. The second-order valence-corrected chi connectivity index (χ2v) is 6.42. The molecule has 4 nitrogen and oxygen atoms in total. The van der Waals surface area contributed by atoms with Crippen LogP contribution in [0.5, 0.6) is 0 Å². The molecule has 0 bridgehead atoms. The van der Waals surface area contributed by atoms with Crippen molar-refractivity contribution in [1.29, 1.82) is 5.26 Å². The maximum atomic E-state index is 14.4. The molecule has 0 radical (unpaired) electrons. The number of hydrogen-bond acceptors (Lipinski definition) is 4. The molecule has 2 aromatic rings. The number of rotatable bonds is 5. The summed E-state index contributed by atoms with van der Waals surface area (Å²) in [4.78, 5) is 1.99. The molecule has 0 aliphatic carbocycles. The van der Waals surface area contributed by atoms with Gasteiger partial charge in [0, 0.05) is 26.2 Å². The Hall–Kier alpha value is -2.42. The molecule has 25 heavy (non-hydrogen) atoms. The van der Waals surface area contributed by atoms with Crippen LogP contribution in [-0.4, -0.2) is 24.3 Å². The number of aliphatic hydroxyl groups excluding tert-OH is 1. The van der Waals surface area contributed by atoms with Crippen molar-refractivity contribution >= 4 is 5.69 Å². The summed E-state index contributed by atoms with van der Waals surface area (Å²) in [5.74, 6) is -0.220. The van der Waals surface area contributed by atoms with Crippen molar-refractivity contribution in [3.8, 4) is 6.07 Å². The first-order valence-electron chi connectivity index (χ1n) is 8.57. The van der Waals surface area contributed by atoms with E-state index in [0.717, 1.165) is 11.1 Å². The maximum Gasteiger partial charge on any atom is 0.146 e. The number of anilines is 1. The van der Waals surface area contributed by atoms with E-state index in [9.17, 15) is 9.50 Å². The Bertz CT molecular complexity index is 764. The highest BCUT2D eigenvalue weighted by atomic mass is 19.1. The zero-order chi connectivity index (χ0) is 17.6. The topological polar surface area (TPSA) is 59.3 Å². The summed E-state index contributed by atoms with van der Waals surface area (Å²) >= 11 is 0. The van der Waals surface area contributed by atoms with Gasteiger partial charge in [0.15, 0.2) is 0 Å². The highest BCUT2D eigenvalue weighted by Crippen LogP contribution is 2.24. The van der Waals surface area contributed by atoms with Crippen molar-refractivity contribution in [1.82, 2.24) is 5.32 Å².